The van der Waals surface area contributed by atoms with Crippen molar-refractivity contribution in [1.82, 2.24) is 62.1 Å². The molecule has 2 fully saturated rings. The lowest BCUT2D eigenvalue weighted by atomic mass is 10.6. The van der Waals surface area contributed by atoms with Crippen LogP contribution in [-0.2, 0) is 0 Å². The van der Waals surface area contributed by atoms with Crippen molar-refractivity contribution in [1.29, 1.82) is 0 Å². The van der Waals surface area contributed by atoms with E-state index in [1.807, 2.05) is 0 Å². The van der Waals surface area contributed by atoms with Gasteiger partial charge in [0.15, 0.2) is 0 Å². The van der Waals surface area contributed by atoms with Crippen LogP contribution in [0, 0.1) is 0 Å². The second-order valence-corrected chi connectivity index (χ2v) is 7.17. The maximum atomic E-state index is 3.47. The number of nitrogens with zero attached hydrogens (tertiary/aromatic N) is 4. The Labute approximate surface area is 163 Å². The smallest absolute Gasteiger partial charge is 0.0554 e. The molecular weight excluding hydrogens is 348 g/mol. The first kappa shape index (κ1) is 22.8. The van der Waals surface area contributed by atoms with Crippen LogP contribution in [-0.4, -0.2) is 120 Å². The molecule has 0 aromatic rings. The monoisotopic (exact) mass is 388 g/mol. The third-order valence-corrected chi connectivity index (χ3v) is 4.27. The van der Waals surface area contributed by atoms with E-state index in [0.29, 0.717) is 0 Å². The zero-order valence-electron chi connectivity index (χ0n) is 17.0. The van der Waals surface area contributed by atoms with Crippen LogP contribution in [0.4, 0.5) is 0 Å². The summed E-state index contributed by atoms with van der Waals surface area (Å²) in [6.45, 7) is 10.7. The Balaban J connectivity index is 1.77. The molecule has 8 N–H and O–H groups in total. The predicted octanol–water partition coefficient (Wildman–Crippen LogP) is -4.35. The second kappa shape index (κ2) is 14.5. The van der Waals surface area contributed by atoms with E-state index >= 15 is 0 Å². The minimum absolute atomic E-state index is 0.790. The Morgan fingerprint density at radius 1 is 0.444 bits per heavy atom. The van der Waals surface area contributed by atoms with E-state index in [4.69, 9.17) is 0 Å². The van der Waals surface area contributed by atoms with Gasteiger partial charge in [0.1, 0.15) is 0 Å². The molecule has 0 amide bonds. The first-order valence-electron chi connectivity index (χ1n) is 9.71. The average Bonchev–Trinajstić information content (AvgIpc) is 2.63. The van der Waals surface area contributed by atoms with Gasteiger partial charge in [0.05, 0.1) is 33.3 Å². The topological polar surface area (TPSA) is 109 Å². The molecule has 0 aromatic heterocycles. The van der Waals surface area contributed by atoms with Crippen LogP contribution in [0.3, 0.4) is 0 Å². The first-order chi connectivity index (χ1) is 13.2. The van der Waals surface area contributed by atoms with Crippen molar-refractivity contribution in [3.63, 3.8) is 0 Å². The summed E-state index contributed by atoms with van der Waals surface area (Å²) in [5.74, 6) is 0. The van der Waals surface area contributed by atoms with Crippen molar-refractivity contribution < 1.29 is 0 Å². The molecule has 2 heterocycles. The van der Waals surface area contributed by atoms with Gasteiger partial charge in [0.25, 0.3) is 0 Å². The molecule has 27 heavy (non-hydrogen) atoms. The van der Waals surface area contributed by atoms with Gasteiger partial charge in [0.2, 0.25) is 0 Å². The molecule has 0 aromatic carbocycles. The minimum atomic E-state index is 0.790. The van der Waals surface area contributed by atoms with Crippen LogP contribution in [0.5, 0.6) is 0 Å². The molecule has 0 spiro atoms. The van der Waals surface area contributed by atoms with Crippen molar-refractivity contribution in [2.75, 3.05) is 101 Å². The SMILES string of the molecule is CN1CNCNCN(CN2CNCNCN(C)CNCNC2)CNCNC1. The Bertz CT molecular complexity index is 300. The summed E-state index contributed by atoms with van der Waals surface area (Å²) in [6.07, 6.45) is 0. The van der Waals surface area contributed by atoms with E-state index in [-0.39, 0.29) is 0 Å². The molecule has 0 radical (unpaired) electrons. The van der Waals surface area contributed by atoms with Crippen molar-refractivity contribution in [2.24, 2.45) is 0 Å². The predicted molar refractivity (Wildman–Crippen MR) is 108 cm³/mol. The quantitative estimate of drug-likeness (QED) is 0.234. The van der Waals surface area contributed by atoms with Crippen LogP contribution in [0.2, 0.25) is 0 Å². The number of hydrogen-bond donors (Lipinski definition) is 8. The van der Waals surface area contributed by atoms with Gasteiger partial charge in [-0.25, -0.2) is 0 Å². The molecule has 2 aliphatic rings. The number of rotatable bonds is 2. The average molecular weight is 389 g/mol. The Hall–Kier alpha value is -0.480. The fraction of sp³-hybridized carbons (Fsp3) is 1.00. The van der Waals surface area contributed by atoms with Gasteiger partial charge in [-0.05, 0) is 14.1 Å². The Morgan fingerprint density at radius 2 is 0.704 bits per heavy atom. The summed E-state index contributed by atoms with van der Waals surface area (Å²) in [7, 11) is 4.19. The van der Waals surface area contributed by atoms with Gasteiger partial charge >= 0.3 is 0 Å². The van der Waals surface area contributed by atoms with Gasteiger partial charge < -0.3 is 0 Å². The molecule has 0 atom stereocenters. The van der Waals surface area contributed by atoms with Crippen LogP contribution >= 0.6 is 0 Å². The first-order valence-corrected chi connectivity index (χ1v) is 9.71. The third-order valence-electron chi connectivity index (χ3n) is 4.27. The van der Waals surface area contributed by atoms with Crippen molar-refractivity contribution in [3.05, 3.63) is 0 Å². The molecule has 0 bridgehead atoms. The highest BCUT2D eigenvalue weighted by molar-refractivity contribution is 4.62. The van der Waals surface area contributed by atoms with Crippen LogP contribution < -0.4 is 42.5 Å². The standard InChI is InChI=1S/C15H40N12/c1-24-7-16-3-20-11-26(12-21-4-17-8-24)15-27-13-22-5-18-9-25(2)10-19-6-23-14-27/h16-23H,3-15H2,1-2H3. The second-order valence-electron chi connectivity index (χ2n) is 7.17. The normalized spacial score (nSPS) is 26.4. The molecule has 2 rings (SSSR count). The minimum Gasteiger partial charge on any atom is -0.292 e. The van der Waals surface area contributed by atoms with Gasteiger partial charge in [0, 0.05) is 53.3 Å². The lowest BCUT2D eigenvalue weighted by molar-refractivity contribution is 0.0941. The fourth-order valence-corrected chi connectivity index (χ4v) is 2.90. The lowest BCUT2D eigenvalue weighted by Gasteiger charge is -2.32. The molecule has 0 aliphatic carbocycles. The maximum absolute atomic E-state index is 3.47. The molecule has 2 saturated heterocycles. The fourth-order valence-electron chi connectivity index (χ4n) is 2.90. The van der Waals surface area contributed by atoms with Gasteiger partial charge in [-0.3, -0.25) is 62.1 Å². The highest BCUT2D eigenvalue weighted by atomic mass is 15.4. The Kier molecular flexibility index (Phi) is 12.3. The number of nitrogens with one attached hydrogen (secondary N) is 8. The van der Waals surface area contributed by atoms with Gasteiger partial charge in [-0.15, -0.1) is 0 Å². The van der Waals surface area contributed by atoms with Crippen LogP contribution in [0.1, 0.15) is 0 Å². The van der Waals surface area contributed by atoms with Crippen LogP contribution in [0.15, 0.2) is 0 Å². The Morgan fingerprint density at radius 3 is 1.00 bits per heavy atom. The maximum Gasteiger partial charge on any atom is 0.0554 e. The molecule has 0 saturated carbocycles. The van der Waals surface area contributed by atoms with E-state index in [2.05, 4.69) is 76.2 Å². The third kappa shape index (κ3) is 11.2. The van der Waals surface area contributed by atoms with Crippen molar-refractivity contribution in [2.45, 2.75) is 0 Å². The largest absolute Gasteiger partial charge is 0.292 e. The van der Waals surface area contributed by atoms with Gasteiger partial charge in [-0.2, -0.15) is 0 Å². The summed E-state index contributed by atoms with van der Waals surface area (Å²) >= 11 is 0. The molecular formula is C15H40N12. The lowest BCUT2D eigenvalue weighted by Crippen LogP contribution is -2.55. The molecule has 160 valence electrons. The molecule has 0 unspecified atom stereocenters. The van der Waals surface area contributed by atoms with Crippen LogP contribution in [0.25, 0.3) is 0 Å². The molecule has 12 heteroatoms. The van der Waals surface area contributed by atoms with E-state index in [9.17, 15) is 0 Å². The molecule has 12 nitrogen and oxygen atoms in total. The number of hydrogen-bond acceptors (Lipinski definition) is 12. The molecule has 2 aliphatic heterocycles. The zero-order chi connectivity index (χ0) is 19.2. The summed E-state index contributed by atoms with van der Waals surface area (Å²) < 4.78 is 0. The summed E-state index contributed by atoms with van der Waals surface area (Å²) in [4.78, 5) is 9.13. The van der Waals surface area contributed by atoms with E-state index in [1.165, 1.54) is 0 Å². The highest BCUT2D eigenvalue weighted by Crippen LogP contribution is 1.91. The van der Waals surface area contributed by atoms with Crippen molar-refractivity contribution >= 4 is 0 Å². The summed E-state index contributed by atoms with van der Waals surface area (Å²) in [5.41, 5.74) is 0. The van der Waals surface area contributed by atoms with Gasteiger partial charge in [-0.1, -0.05) is 0 Å². The van der Waals surface area contributed by atoms with Crippen molar-refractivity contribution in [3.8, 4) is 0 Å². The van der Waals surface area contributed by atoms with E-state index in [1.54, 1.807) is 0 Å². The highest BCUT2D eigenvalue weighted by Gasteiger charge is 2.12. The van der Waals surface area contributed by atoms with E-state index in [0.717, 1.165) is 86.7 Å². The summed E-state index contributed by atoms with van der Waals surface area (Å²) in [5, 5.41) is 27.5. The zero-order valence-corrected chi connectivity index (χ0v) is 17.0. The summed E-state index contributed by atoms with van der Waals surface area (Å²) in [6, 6.07) is 0. The van der Waals surface area contributed by atoms with E-state index < -0.39 is 0 Å².